The molecule has 0 saturated carbocycles. The van der Waals surface area contributed by atoms with Crippen molar-refractivity contribution in [3.8, 4) is 0 Å². The highest BCUT2D eigenvalue weighted by Gasteiger charge is 2.68. The van der Waals surface area contributed by atoms with Crippen LogP contribution in [0, 0.1) is 11.8 Å². The maximum absolute atomic E-state index is 13.8. The molecule has 164 valence electrons. The van der Waals surface area contributed by atoms with Crippen LogP contribution in [0.2, 0.25) is 0 Å². The molecule has 7 heteroatoms. The standard InChI is InChI=1S/C26H16F3NO3/c27-26(28,29)14-6-5-7-15(12-14)30-23(32)21-20-16-8-1-3-10-18(16)25(13-31,22(21)24(30)33)19-11-4-2-9-17(19)20/h1-13,20-22H. The fourth-order valence-electron chi connectivity index (χ4n) is 6.11. The molecule has 4 nitrogen and oxygen atoms in total. The van der Waals surface area contributed by atoms with Crippen molar-refractivity contribution in [2.75, 3.05) is 4.90 Å². The van der Waals surface area contributed by atoms with Crippen molar-refractivity contribution in [2.24, 2.45) is 11.8 Å². The second-order valence-corrected chi connectivity index (χ2v) is 8.70. The van der Waals surface area contributed by atoms with E-state index in [1.807, 2.05) is 24.3 Å². The minimum atomic E-state index is -4.62. The number of hydrogen-bond acceptors (Lipinski definition) is 3. The smallest absolute Gasteiger partial charge is 0.302 e. The van der Waals surface area contributed by atoms with Gasteiger partial charge in [0, 0.05) is 5.92 Å². The van der Waals surface area contributed by atoms with Crippen LogP contribution < -0.4 is 4.90 Å². The molecule has 3 aromatic carbocycles. The molecule has 1 heterocycles. The zero-order valence-corrected chi connectivity index (χ0v) is 17.0. The molecule has 0 spiro atoms. The van der Waals surface area contributed by atoms with E-state index in [0.29, 0.717) is 11.1 Å². The Bertz CT molecular complexity index is 1320. The summed E-state index contributed by atoms with van der Waals surface area (Å²) in [5.74, 6) is -3.58. The van der Waals surface area contributed by atoms with E-state index >= 15 is 0 Å². The summed E-state index contributed by atoms with van der Waals surface area (Å²) in [7, 11) is 0. The summed E-state index contributed by atoms with van der Waals surface area (Å²) in [5.41, 5.74) is 0.496. The molecule has 0 aromatic heterocycles. The van der Waals surface area contributed by atoms with Crippen molar-refractivity contribution in [1.29, 1.82) is 0 Å². The highest BCUT2D eigenvalue weighted by molar-refractivity contribution is 6.24. The molecule has 33 heavy (non-hydrogen) atoms. The van der Waals surface area contributed by atoms with Crippen LogP contribution in [0.1, 0.15) is 33.7 Å². The number of anilines is 1. The highest BCUT2D eigenvalue weighted by atomic mass is 19.4. The first-order chi connectivity index (χ1) is 15.8. The van der Waals surface area contributed by atoms with Gasteiger partial charge in [-0.25, -0.2) is 4.90 Å². The fourth-order valence-corrected chi connectivity index (χ4v) is 6.11. The third-order valence-corrected chi connectivity index (χ3v) is 7.30. The number of imide groups is 1. The molecule has 0 N–H and O–H groups in total. The lowest BCUT2D eigenvalue weighted by Gasteiger charge is -2.51. The summed E-state index contributed by atoms with van der Waals surface area (Å²) in [4.78, 5) is 41.1. The lowest BCUT2D eigenvalue weighted by atomic mass is 9.48. The number of aldehydes is 1. The third-order valence-electron chi connectivity index (χ3n) is 7.30. The van der Waals surface area contributed by atoms with Crippen LogP contribution in [0.25, 0.3) is 0 Å². The quantitative estimate of drug-likeness (QED) is 0.431. The summed E-state index contributed by atoms with van der Waals surface area (Å²) in [6.45, 7) is 0. The zero-order chi connectivity index (χ0) is 23.1. The van der Waals surface area contributed by atoms with E-state index in [2.05, 4.69) is 0 Å². The van der Waals surface area contributed by atoms with Crippen LogP contribution in [0.5, 0.6) is 0 Å². The van der Waals surface area contributed by atoms with Crippen molar-refractivity contribution in [1.82, 2.24) is 0 Å². The number of rotatable bonds is 2. The van der Waals surface area contributed by atoms with E-state index in [0.717, 1.165) is 34.4 Å². The number of amides is 2. The van der Waals surface area contributed by atoms with Gasteiger partial charge in [-0.15, -0.1) is 0 Å². The molecule has 7 rings (SSSR count). The Morgan fingerprint density at radius 3 is 2.00 bits per heavy atom. The molecule has 4 aliphatic rings. The van der Waals surface area contributed by atoms with Crippen molar-refractivity contribution in [2.45, 2.75) is 17.5 Å². The van der Waals surface area contributed by atoms with E-state index < -0.39 is 46.7 Å². The summed E-state index contributed by atoms with van der Waals surface area (Å²) < 4.78 is 40.0. The van der Waals surface area contributed by atoms with Crippen LogP contribution in [0.3, 0.4) is 0 Å². The van der Waals surface area contributed by atoms with Crippen LogP contribution in [0.15, 0.2) is 72.8 Å². The first kappa shape index (κ1) is 19.9. The van der Waals surface area contributed by atoms with Gasteiger partial charge in [0.25, 0.3) is 0 Å². The van der Waals surface area contributed by atoms with Gasteiger partial charge in [0.1, 0.15) is 6.29 Å². The van der Waals surface area contributed by atoms with Gasteiger partial charge in [0.15, 0.2) is 0 Å². The van der Waals surface area contributed by atoms with Gasteiger partial charge in [-0.2, -0.15) is 13.2 Å². The molecule has 2 atom stereocenters. The van der Waals surface area contributed by atoms with Crippen molar-refractivity contribution >= 4 is 23.8 Å². The van der Waals surface area contributed by atoms with Gasteiger partial charge < -0.3 is 4.79 Å². The Kier molecular flexibility index (Phi) is 3.86. The first-order valence-electron chi connectivity index (χ1n) is 10.5. The molecule has 2 unspecified atom stereocenters. The second kappa shape index (κ2) is 6.41. The Morgan fingerprint density at radius 2 is 1.42 bits per heavy atom. The van der Waals surface area contributed by atoms with Crippen molar-refractivity contribution in [3.63, 3.8) is 0 Å². The number of carbonyl (C=O) groups excluding carboxylic acids is 3. The monoisotopic (exact) mass is 447 g/mol. The largest absolute Gasteiger partial charge is 0.416 e. The van der Waals surface area contributed by atoms with E-state index in [9.17, 15) is 27.6 Å². The Labute approximate surface area is 186 Å². The fraction of sp³-hybridized carbons (Fsp3) is 0.192. The summed E-state index contributed by atoms with van der Waals surface area (Å²) in [6, 6.07) is 18.7. The second-order valence-electron chi connectivity index (χ2n) is 8.70. The Morgan fingerprint density at radius 1 is 0.818 bits per heavy atom. The molecule has 2 amide bonds. The zero-order valence-electron chi connectivity index (χ0n) is 17.0. The van der Waals surface area contributed by atoms with Crippen molar-refractivity contribution in [3.05, 3.63) is 101 Å². The van der Waals surface area contributed by atoms with E-state index in [-0.39, 0.29) is 5.69 Å². The molecule has 2 bridgehead atoms. The van der Waals surface area contributed by atoms with E-state index in [1.54, 1.807) is 24.3 Å². The molecule has 0 radical (unpaired) electrons. The number of nitrogens with zero attached hydrogens (tertiary/aromatic N) is 1. The molecular formula is C26H16F3NO3. The van der Waals surface area contributed by atoms with Gasteiger partial charge in [-0.1, -0.05) is 54.6 Å². The lowest BCUT2D eigenvalue weighted by molar-refractivity contribution is -0.137. The molecule has 3 aromatic rings. The SMILES string of the molecule is O=CC12c3ccccc3C(c3ccccc31)C1C(=O)N(c3cccc(C(F)(F)F)c3)C(=O)C12. The minimum Gasteiger partial charge on any atom is -0.302 e. The van der Waals surface area contributed by atoms with Crippen LogP contribution in [0.4, 0.5) is 18.9 Å². The maximum atomic E-state index is 13.8. The van der Waals surface area contributed by atoms with Gasteiger partial charge in [0.2, 0.25) is 11.8 Å². The minimum absolute atomic E-state index is 0.136. The van der Waals surface area contributed by atoms with Gasteiger partial charge >= 0.3 is 6.18 Å². The van der Waals surface area contributed by atoms with E-state index in [4.69, 9.17) is 0 Å². The first-order valence-corrected chi connectivity index (χ1v) is 10.5. The maximum Gasteiger partial charge on any atom is 0.416 e. The number of halogens is 3. The predicted molar refractivity (Wildman–Crippen MR) is 112 cm³/mol. The Hall–Kier alpha value is -3.74. The number of carbonyl (C=O) groups is 3. The van der Waals surface area contributed by atoms with Crippen LogP contribution in [-0.2, 0) is 26.0 Å². The molecular weight excluding hydrogens is 431 g/mol. The van der Waals surface area contributed by atoms with E-state index in [1.165, 1.54) is 12.1 Å². The van der Waals surface area contributed by atoms with Crippen LogP contribution in [-0.4, -0.2) is 18.1 Å². The van der Waals surface area contributed by atoms with Gasteiger partial charge in [0.05, 0.1) is 28.5 Å². The number of hydrogen-bond donors (Lipinski definition) is 0. The predicted octanol–water partition coefficient (Wildman–Crippen LogP) is 4.46. The van der Waals surface area contributed by atoms with Crippen LogP contribution >= 0.6 is 0 Å². The molecule has 1 aliphatic heterocycles. The van der Waals surface area contributed by atoms with Gasteiger partial charge in [-0.3, -0.25) is 9.59 Å². The van der Waals surface area contributed by atoms with Gasteiger partial charge in [-0.05, 0) is 40.5 Å². The summed E-state index contributed by atoms with van der Waals surface area (Å²) >= 11 is 0. The molecule has 3 aliphatic carbocycles. The summed E-state index contributed by atoms with van der Waals surface area (Å²) in [6.07, 6.45) is -3.89. The summed E-state index contributed by atoms with van der Waals surface area (Å²) in [5, 5.41) is 0. The van der Waals surface area contributed by atoms with Crippen molar-refractivity contribution < 1.29 is 27.6 Å². The lowest BCUT2D eigenvalue weighted by Crippen LogP contribution is -2.54. The normalized spacial score (nSPS) is 27.2. The highest BCUT2D eigenvalue weighted by Crippen LogP contribution is 2.63. The number of alkyl halides is 3. The third kappa shape index (κ3) is 2.34. The average Bonchev–Trinajstić information content (AvgIpc) is 3.09. The average molecular weight is 447 g/mol. The number of benzene rings is 3. The topological polar surface area (TPSA) is 54.5 Å². The molecule has 1 saturated heterocycles. The molecule has 1 fully saturated rings. The Balaban J connectivity index is 1.59.